The number of furan rings is 1. The van der Waals surface area contributed by atoms with Crippen molar-refractivity contribution in [3.63, 3.8) is 0 Å². The summed E-state index contributed by atoms with van der Waals surface area (Å²) in [6.45, 7) is 1.75. The average Bonchev–Trinajstić information content (AvgIpc) is 3.23. The molecule has 0 radical (unpaired) electrons. The van der Waals surface area contributed by atoms with Crippen LogP contribution in [0.25, 0.3) is 0 Å². The summed E-state index contributed by atoms with van der Waals surface area (Å²) < 4.78 is 5.37. The Bertz CT molecular complexity index is 777. The number of carbonyl (C=O) groups excluding carboxylic acids is 1. The molecule has 1 aliphatic carbocycles. The van der Waals surface area contributed by atoms with E-state index < -0.39 is 11.4 Å². The number of carbonyl (C=O) groups is 2. The lowest BCUT2D eigenvalue weighted by Crippen LogP contribution is -2.34. The van der Waals surface area contributed by atoms with Crippen molar-refractivity contribution in [1.82, 2.24) is 5.32 Å². The van der Waals surface area contributed by atoms with Crippen molar-refractivity contribution in [1.29, 1.82) is 0 Å². The monoisotopic (exact) mass is 333 g/mol. The van der Waals surface area contributed by atoms with Gasteiger partial charge in [0, 0.05) is 5.02 Å². The van der Waals surface area contributed by atoms with Gasteiger partial charge in [-0.2, -0.15) is 0 Å². The predicted octanol–water partition coefficient (Wildman–Crippen LogP) is 3.29. The number of hydrogen-bond acceptors (Lipinski definition) is 3. The fourth-order valence-corrected chi connectivity index (χ4v) is 2.93. The van der Waals surface area contributed by atoms with E-state index in [0.717, 1.165) is 18.4 Å². The largest absolute Gasteiger partial charge is 0.478 e. The van der Waals surface area contributed by atoms with Gasteiger partial charge in [0.05, 0.1) is 12.0 Å². The minimum Gasteiger partial charge on any atom is -0.478 e. The number of halogens is 1. The number of rotatable bonds is 5. The Morgan fingerprint density at radius 1 is 1.35 bits per heavy atom. The second-order valence-electron chi connectivity index (χ2n) is 5.76. The van der Waals surface area contributed by atoms with Gasteiger partial charge in [0.1, 0.15) is 17.1 Å². The summed E-state index contributed by atoms with van der Waals surface area (Å²) in [6, 6.07) is 8.76. The van der Waals surface area contributed by atoms with E-state index in [9.17, 15) is 9.59 Å². The Morgan fingerprint density at radius 3 is 2.65 bits per heavy atom. The Balaban J connectivity index is 1.70. The number of carboxylic acid groups (broad SMARTS) is 1. The molecule has 5 nitrogen and oxygen atoms in total. The van der Waals surface area contributed by atoms with Gasteiger partial charge in [0.25, 0.3) is 0 Å². The third kappa shape index (κ3) is 2.97. The van der Waals surface area contributed by atoms with E-state index >= 15 is 0 Å². The van der Waals surface area contributed by atoms with Crippen LogP contribution in [0.15, 0.2) is 34.7 Å². The van der Waals surface area contributed by atoms with E-state index in [0.29, 0.717) is 16.5 Å². The second-order valence-corrected chi connectivity index (χ2v) is 6.20. The smallest absolute Gasteiger partial charge is 0.339 e. The number of aromatic carboxylic acids is 1. The quantitative estimate of drug-likeness (QED) is 0.880. The van der Waals surface area contributed by atoms with Crippen molar-refractivity contribution < 1.29 is 19.1 Å². The Hall–Kier alpha value is -2.27. The van der Waals surface area contributed by atoms with Crippen LogP contribution in [0.4, 0.5) is 0 Å². The fraction of sp³-hybridized carbons (Fsp3) is 0.294. The van der Waals surface area contributed by atoms with Crippen LogP contribution in [-0.2, 0) is 16.8 Å². The molecule has 0 unspecified atom stereocenters. The molecule has 2 N–H and O–H groups in total. The second kappa shape index (κ2) is 5.74. The Labute approximate surface area is 138 Å². The van der Waals surface area contributed by atoms with E-state index in [-0.39, 0.29) is 18.0 Å². The van der Waals surface area contributed by atoms with Crippen molar-refractivity contribution in [2.75, 3.05) is 0 Å². The summed E-state index contributed by atoms with van der Waals surface area (Å²) in [5.74, 6) is -0.375. The van der Waals surface area contributed by atoms with Gasteiger partial charge >= 0.3 is 5.97 Å². The van der Waals surface area contributed by atoms with Gasteiger partial charge in [-0.05, 0) is 43.5 Å². The molecule has 6 heteroatoms. The van der Waals surface area contributed by atoms with Crippen LogP contribution in [0.2, 0.25) is 5.02 Å². The van der Waals surface area contributed by atoms with Gasteiger partial charge < -0.3 is 14.8 Å². The number of nitrogens with one attached hydrogen (secondary N) is 1. The number of hydrogen-bond donors (Lipinski definition) is 2. The zero-order chi connectivity index (χ0) is 16.6. The normalized spacial score (nSPS) is 15.2. The van der Waals surface area contributed by atoms with E-state index in [1.165, 1.54) is 6.07 Å². The Kier molecular flexibility index (Phi) is 3.90. The minimum atomic E-state index is -1.04. The number of carboxylic acids is 1. The van der Waals surface area contributed by atoms with Gasteiger partial charge in [0.2, 0.25) is 5.91 Å². The van der Waals surface area contributed by atoms with Crippen molar-refractivity contribution in [3.05, 3.63) is 58.0 Å². The lowest BCUT2D eigenvalue weighted by molar-refractivity contribution is -0.123. The molecular weight excluding hydrogens is 318 g/mol. The van der Waals surface area contributed by atoms with Crippen LogP contribution in [0.1, 0.15) is 40.3 Å². The Morgan fingerprint density at radius 2 is 2.09 bits per heavy atom. The SMILES string of the molecule is Cc1oc(CNC(=O)C2(c3cccc(Cl)c3)CC2)cc1C(=O)O. The maximum Gasteiger partial charge on any atom is 0.339 e. The van der Waals surface area contributed by atoms with Crippen molar-refractivity contribution in [2.24, 2.45) is 0 Å². The molecule has 3 rings (SSSR count). The van der Waals surface area contributed by atoms with E-state index in [1.54, 1.807) is 13.0 Å². The van der Waals surface area contributed by atoms with Crippen LogP contribution in [0, 0.1) is 6.92 Å². The molecular formula is C17H16ClNO4. The summed E-state index contributed by atoms with van der Waals surface area (Å²) in [6.07, 6.45) is 1.55. The van der Waals surface area contributed by atoms with Gasteiger partial charge in [-0.25, -0.2) is 4.79 Å². The summed E-state index contributed by atoms with van der Waals surface area (Å²) in [5.41, 5.74) is 0.497. The first-order valence-corrected chi connectivity index (χ1v) is 7.67. The van der Waals surface area contributed by atoms with Gasteiger partial charge in [-0.15, -0.1) is 0 Å². The maximum absolute atomic E-state index is 12.5. The van der Waals surface area contributed by atoms with Crippen LogP contribution >= 0.6 is 11.6 Å². The predicted molar refractivity (Wildman–Crippen MR) is 84.6 cm³/mol. The fourth-order valence-electron chi connectivity index (χ4n) is 2.74. The maximum atomic E-state index is 12.5. The van der Waals surface area contributed by atoms with Crippen LogP contribution in [0.5, 0.6) is 0 Å². The highest BCUT2D eigenvalue weighted by atomic mass is 35.5. The van der Waals surface area contributed by atoms with Crippen LogP contribution in [-0.4, -0.2) is 17.0 Å². The molecule has 1 saturated carbocycles. The lowest BCUT2D eigenvalue weighted by Gasteiger charge is -2.15. The summed E-state index contributed by atoms with van der Waals surface area (Å²) in [7, 11) is 0. The zero-order valence-electron chi connectivity index (χ0n) is 12.6. The first kappa shape index (κ1) is 15.6. The minimum absolute atomic E-state index is 0.0919. The highest BCUT2D eigenvalue weighted by Crippen LogP contribution is 2.48. The summed E-state index contributed by atoms with van der Waals surface area (Å²) >= 11 is 6.00. The molecule has 1 aliphatic rings. The topological polar surface area (TPSA) is 79.5 Å². The van der Waals surface area contributed by atoms with Gasteiger partial charge in [-0.3, -0.25) is 4.79 Å². The van der Waals surface area contributed by atoms with Crippen LogP contribution in [0.3, 0.4) is 0 Å². The van der Waals surface area contributed by atoms with E-state index in [4.69, 9.17) is 21.1 Å². The number of benzene rings is 1. The molecule has 23 heavy (non-hydrogen) atoms. The molecule has 0 aliphatic heterocycles. The molecule has 0 bridgehead atoms. The number of aryl methyl sites for hydroxylation is 1. The first-order chi connectivity index (χ1) is 10.9. The molecule has 120 valence electrons. The molecule has 2 aromatic rings. The highest BCUT2D eigenvalue weighted by molar-refractivity contribution is 6.30. The number of amides is 1. The van der Waals surface area contributed by atoms with Crippen molar-refractivity contribution >= 4 is 23.5 Å². The molecule has 0 spiro atoms. The molecule has 1 fully saturated rings. The molecule has 0 saturated heterocycles. The summed E-state index contributed by atoms with van der Waals surface area (Å²) in [4.78, 5) is 23.5. The molecule has 1 aromatic carbocycles. The van der Waals surface area contributed by atoms with Crippen LogP contribution < -0.4 is 5.32 Å². The highest BCUT2D eigenvalue weighted by Gasteiger charge is 2.51. The van der Waals surface area contributed by atoms with E-state index in [2.05, 4.69) is 5.32 Å². The van der Waals surface area contributed by atoms with E-state index in [1.807, 2.05) is 18.2 Å². The van der Waals surface area contributed by atoms with Gasteiger partial charge in [-0.1, -0.05) is 23.7 Å². The lowest BCUT2D eigenvalue weighted by atomic mass is 9.95. The first-order valence-electron chi connectivity index (χ1n) is 7.29. The standard InChI is InChI=1S/C17H16ClNO4/c1-10-14(15(20)21)8-13(23-10)9-19-16(22)17(5-6-17)11-3-2-4-12(18)7-11/h2-4,7-8H,5-6,9H2,1H3,(H,19,22)(H,20,21). The third-order valence-corrected chi connectivity index (χ3v) is 4.42. The molecule has 1 heterocycles. The third-order valence-electron chi connectivity index (χ3n) is 4.18. The van der Waals surface area contributed by atoms with Gasteiger partial charge in [0.15, 0.2) is 0 Å². The van der Waals surface area contributed by atoms with Crippen molar-refractivity contribution in [3.8, 4) is 0 Å². The average molecular weight is 334 g/mol. The van der Waals surface area contributed by atoms with Crippen molar-refractivity contribution in [2.45, 2.75) is 31.7 Å². The molecule has 0 atom stereocenters. The molecule has 1 aromatic heterocycles. The zero-order valence-corrected chi connectivity index (χ0v) is 13.3. The molecule has 1 amide bonds. The summed E-state index contributed by atoms with van der Waals surface area (Å²) in [5, 5.41) is 12.4.